The van der Waals surface area contributed by atoms with Crippen LogP contribution in [-0.2, 0) is 11.3 Å². The fourth-order valence-corrected chi connectivity index (χ4v) is 4.13. The van der Waals surface area contributed by atoms with E-state index in [1.165, 1.54) is 0 Å². The third-order valence-electron chi connectivity index (χ3n) is 5.86. The lowest BCUT2D eigenvalue weighted by atomic mass is 9.74. The molecule has 8 nitrogen and oxygen atoms in total. The van der Waals surface area contributed by atoms with Crippen molar-refractivity contribution in [1.82, 2.24) is 4.90 Å². The van der Waals surface area contributed by atoms with Crippen LogP contribution in [0.15, 0.2) is 18.2 Å². The highest BCUT2D eigenvalue weighted by molar-refractivity contribution is 6.40. The molecule has 3 rings (SSSR count). The Balaban J connectivity index is 1.51. The van der Waals surface area contributed by atoms with Gasteiger partial charge in [-0.15, -0.1) is 0 Å². The van der Waals surface area contributed by atoms with E-state index in [0.717, 1.165) is 49.5 Å². The number of benzene rings is 1. The second-order valence-corrected chi connectivity index (χ2v) is 7.81. The average Bonchev–Trinajstić information content (AvgIpc) is 3.13. The molecule has 0 amide bonds. The highest BCUT2D eigenvalue weighted by Crippen LogP contribution is 2.34. The van der Waals surface area contributed by atoms with E-state index >= 15 is 0 Å². The number of nitrogens with zero attached hydrogens (tertiary/aromatic N) is 1. The lowest BCUT2D eigenvalue weighted by Crippen LogP contribution is -2.56. The van der Waals surface area contributed by atoms with E-state index in [4.69, 9.17) is 25.3 Å². The summed E-state index contributed by atoms with van der Waals surface area (Å²) in [5.74, 6) is 0.487. The second kappa shape index (κ2) is 9.13. The fourth-order valence-electron chi connectivity index (χ4n) is 4.13. The van der Waals surface area contributed by atoms with Crippen LogP contribution in [0.4, 0.5) is 0 Å². The first-order valence-electron chi connectivity index (χ1n) is 9.88. The quantitative estimate of drug-likeness (QED) is 0.363. The minimum Gasteiger partial charge on any atom is -0.480 e. The van der Waals surface area contributed by atoms with Gasteiger partial charge in [-0.25, -0.2) is 0 Å². The summed E-state index contributed by atoms with van der Waals surface area (Å²) in [5, 5.41) is 27.6. The van der Waals surface area contributed by atoms with Crippen molar-refractivity contribution in [3.63, 3.8) is 0 Å². The molecule has 0 radical (unpaired) electrons. The molecule has 0 spiro atoms. The summed E-state index contributed by atoms with van der Waals surface area (Å²) in [5.41, 5.74) is 6.20. The van der Waals surface area contributed by atoms with Crippen LogP contribution in [0.1, 0.15) is 37.7 Å². The zero-order valence-electron chi connectivity index (χ0n) is 16.0. The summed E-state index contributed by atoms with van der Waals surface area (Å²) < 4.78 is 10.8. The number of carboxylic acid groups (broad SMARTS) is 1. The number of ether oxygens (including phenoxy) is 2. The highest BCUT2D eigenvalue weighted by Gasteiger charge is 2.42. The maximum absolute atomic E-state index is 11.9. The molecule has 1 aromatic carbocycles. The molecule has 1 fully saturated rings. The number of hydrogen-bond acceptors (Lipinski definition) is 7. The van der Waals surface area contributed by atoms with Gasteiger partial charge in [0, 0.05) is 6.54 Å². The van der Waals surface area contributed by atoms with Gasteiger partial charge in [0.05, 0.1) is 0 Å². The smallest absolute Gasteiger partial charge is 0.451 e. The summed E-state index contributed by atoms with van der Waals surface area (Å²) >= 11 is 0. The van der Waals surface area contributed by atoms with Crippen molar-refractivity contribution >= 4 is 13.1 Å². The maximum Gasteiger partial charge on any atom is 0.451 e. The number of aliphatic carboxylic acids is 1. The van der Waals surface area contributed by atoms with Gasteiger partial charge in [0.15, 0.2) is 11.5 Å². The van der Waals surface area contributed by atoms with Gasteiger partial charge in [0.2, 0.25) is 6.79 Å². The van der Waals surface area contributed by atoms with Crippen molar-refractivity contribution in [2.45, 2.75) is 50.5 Å². The third kappa shape index (κ3) is 4.97. The van der Waals surface area contributed by atoms with Gasteiger partial charge in [-0.2, -0.15) is 0 Å². The van der Waals surface area contributed by atoms with Crippen molar-refractivity contribution in [2.24, 2.45) is 11.7 Å². The van der Waals surface area contributed by atoms with Gasteiger partial charge in [0.25, 0.3) is 0 Å². The second-order valence-electron chi connectivity index (χ2n) is 7.81. The predicted octanol–water partition coefficient (Wildman–Crippen LogP) is 1.05. The fraction of sp³-hybridized carbons (Fsp3) is 0.632. The summed E-state index contributed by atoms with van der Waals surface area (Å²) in [6.45, 7) is 2.62. The number of carboxylic acids is 1. The molecule has 2 aliphatic rings. The molecule has 5 N–H and O–H groups in total. The number of piperidine rings is 1. The molecule has 154 valence electrons. The Bertz CT molecular complexity index is 680. The molecule has 28 heavy (non-hydrogen) atoms. The zero-order chi connectivity index (χ0) is 20.1. The molecule has 0 bridgehead atoms. The minimum atomic E-state index is -1.35. The summed E-state index contributed by atoms with van der Waals surface area (Å²) in [4.78, 5) is 14.2. The molecule has 0 aromatic heterocycles. The van der Waals surface area contributed by atoms with E-state index in [1.54, 1.807) is 0 Å². The molecule has 1 aromatic rings. The molecule has 1 atom stereocenters. The SMILES string of the molecule is NC(CCCCB(O)O)(C(=O)O)C1CCN(Cc2ccc3c(c2)OCO3)CC1. The van der Waals surface area contributed by atoms with Crippen LogP contribution in [-0.4, -0.2) is 58.6 Å². The topological polar surface area (TPSA) is 125 Å². The standard InChI is InChI=1S/C19H29BN2O6/c21-19(18(23)24,7-1-2-8-20(25)26)15-5-9-22(10-6-15)12-14-3-4-16-17(11-14)28-13-27-16/h3-4,11,15,25-26H,1-2,5-10,12-13,21H2,(H,23,24). The van der Waals surface area contributed by atoms with Crippen molar-refractivity contribution < 1.29 is 29.4 Å². The van der Waals surface area contributed by atoms with Crippen LogP contribution in [0.3, 0.4) is 0 Å². The van der Waals surface area contributed by atoms with Crippen LogP contribution in [0.25, 0.3) is 0 Å². The van der Waals surface area contributed by atoms with Crippen LogP contribution in [0.2, 0.25) is 6.32 Å². The number of fused-ring (bicyclic) bond motifs is 1. The molecule has 2 aliphatic heterocycles. The number of unbranched alkanes of at least 4 members (excludes halogenated alkanes) is 1. The van der Waals surface area contributed by atoms with E-state index in [2.05, 4.69) is 4.90 Å². The molecule has 9 heteroatoms. The first-order valence-corrected chi connectivity index (χ1v) is 9.88. The first-order chi connectivity index (χ1) is 13.4. The van der Waals surface area contributed by atoms with Gasteiger partial charge in [-0.1, -0.05) is 18.9 Å². The van der Waals surface area contributed by atoms with E-state index < -0.39 is 18.6 Å². The van der Waals surface area contributed by atoms with Gasteiger partial charge < -0.3 is 30.4 Å². The molecular weight excluding hydrogens is 363 g/mol. The number of hydrogen-bond donors (Lipinski definition) is 4. The van der Waals surface area contributed by atoms with E-state index in [0.29, 0.717) is 19.3 Å². The lowest BCUT2D eigenvalue weighted by Gasteiger charge is -2.40. The molecule has 2 heterocycles. The summed E-state index contributed by atoms with van der Waals surface area (Å²) in [6.07, 6.45) is 3.17. The van der Waals surface area contributed by atoms with Crippen molar-refractivity contribution in [2.75, 3.05) is 19.9 Å². The van der Waals surface area contributed by atoms with E-state index in [-0.39, 0.29) is 19.0 Å². The Morgan fingerprint density at radius 2 is 1.93 bits per heavy atom. The van der Waals surface area contributed by atoms with Crippen LogP contribution in [0, 0.1) is 5.92 Å². The minimum absolute atomic E-state index is 0.0861. The first kappa shape index (κ1) is 20.9. The average molecular weight is 392 g/mol. The molecule has 0 saturated carbocycles. The van der Waals surface area contributed by atoms with Gasteiger partial charge in [0.1, 0.15) is 5.54 Å². The summed E-state index contributed by atoms with van der Waals surface area (Å²) in [6, 6.07) is 5.94. The number of carbonyl (C=O) groups is 1. The molecule has 0 aliphatic carbocycles. The van der Waals surface area contributed by atoms with E-state index in [9.17, 15) is 9.90 Å². The number of nitrogens with two attached hydrogens (primary N) is 1. The predicted molar refractivity (Wildman–Crippen MR) is 104 cm³/mol. The van der Waals surface area contributed by atoms with Crippen molar-refractivity contribution in [1.29, 1.82) is 0 Å². The monoisotopic (exact) mass is 392 g/mol. The third-order valence-corrected chi connectivity index (χ3v) is 5.86. The van der Waals surface area contributed by atoms with Crippen molar-refractivity contribution in [3.05, 3.63) is 23.8 Å². The molecular formula is C19H29BN2O6. The molecule has 1 saturated heterocycles. The van der Waals surface area contributed by atoms with Crippen LogP contribution < -0.4 is 15.2 Å². The lowest BCUT2D eigenvalue weighted by molar-refractivity contribution is -0.147. The Morgan fingerprint density at radius 3 is 2.61 bits per heavy atom. The Kier molecular flexibility index (Phi) is 6.82. The van der Waals surface area contributed by atoms with Gasteiger partial charge in [-0.3, -0.25) is 9.69 Å². The van der Waals surface area contributed by atoms with Crippen LogP contribution in [0.5, 0.6) is 11.5 Å². The van der Waals surface area contributed by atoms with Crippen molar-refractivity contribution in [3.8, 4) is 11.5 Å². The Hall–Kier alpha value is -1.81. The normalized spacial score (nSPS) is 19.4. The van der Waals surface area contributed by atoms with Gasteiger partial charge in [-0.05, 0) is 62.3 Å². The number of likely N-dealkylation sites (tertiary alicyclic amines) is 1. The van der Waals surface area contributed by atoms with Gasteiger partial charge >= 0.3 is 13.1 Å². The maximum atomic E-state index is 11.9. The summed E-state index contributed by atoms with van der Waals surface area (Å²) in [7, 11) is -1.35. The zero-order valence-corrected chi connectivity index (χ0v) is 16.0. The van der Waals surface area contributed by atoms with Crippen LogP contribution >= 0.6 is 0 Å². The highest BCUT2D eigenvalue weighted by atomic mass is 16.7. The Labute approximate surface area is 165 Å². The number of rotatable bonds is 9. The largest absolute Gasteiger partial charge is 0.480 e. The Morgan fingerprint density at radius 1 is 1.21 bits per heavy atom. The molecule has 1 unspecified atom stereocenters. The van der Waals surface area contributed by atoms with E-state index in [1.807, 2.05) is 18.2 Å².